The van der Waals surface area contributed by atoms with Crippen molar-refractivity contribution in [3.05, 3.63) is 97.1 Å². The molecule has 0 atom stereocenters. The van der Waals surface area contributed by atoms with Crippen LogP contribution in [0.3, 0.4) is 0 Å². The average Bonchev–Trinajstić information content (AvgIpc) is 3.84. The fourth-order valence-corrected chi connectivity index (χ4v) is 7.40. The SMILES string of the molecule is O=S(=O)(c1ccccc1)n1cc(-c2ccccc2)c2c(-c3nc(N4CCNCC4)c4c(C5CC5)cncc4n3)ccnc21. The summed E-state index contributed by atoms with van der Waals surface area (Å²) in [6, 6.07) is 20.1. The maximum atomic E-state index is 14.0. The van der Waals surface area contributed by atoms with E-state index >= 15 is 0 Å². The molecule has 4 aromatic heterocycles. The summed E-state index contributed by atoms with van der Waals surface area (Å²) in [6.45, 7) is 3.43. The molecule has 6 aromatic rings. The van der Waals surface area contributed by atoms with Crippen molar-refractivity contribution in [3.8, 4) is 22.5 Å². The lowest BCUT2D eigenvalue weighted by Gasteiger charge is -2.30. The summed E-state index contributed by atoms with van der Waals surface area (Å²) in [6.07, 6.45) is 9.40. The summed E-state index contributed by atoms with van der Waals surface area (Å²) in [4.78, 5) is 22.1. The molecule has 2 aromatic carbocycles. The fourth-order valence-electron chi connectivity index (χ4n) is 6.06. The summed E-state index contributed by atoms with van der Waals surface area (Å²) in [5.74, 6) is 1.92. The molecular formula is C33H29N7O2S. The fraction of sp³-hybridized carbons (Fsp3) is 0.212. The van der Waals surface area contributed by atoms with E-state index in [1.807, 2.05) is 48.8 Å². The van der Waals surface area contributed by atoms with Gasteiger partial charge in [0.05, 0.1) is 16.6 Å². The molecule has 1 N–H and O–H groups in total. The Bertz CT molecular complexity index is 2090. The Morgan fingerprint density at radius 1 is 0.814 bits per heavy atom. The van der Waals surface area contributed by atoms with Crippen molar-refractivity contribution in [2.24, 2.45) is 0 Å². The molecule has 2 aliphatic rings. The van der Waals surface area contributed by atoms with Gasteiger partial charge in [0.2, 0.25) is 0 Å². The van der Waals surface area contributed by atoms with E-state index in [0.29, 0.717) is 22.8 Å². The molecule has 1 saturated heterocycles. The van der Waals surface area contributed by atoms with Gasteiger partial charge in [0, 0.05) is 66.7 Å². The summed E-state index contributed by atoms with van der Waals surface area (Å²) in [5, 5.41) is 5.20. The third-order valence-electron chi connectivity index (χ3n) is 8.33. The van der Waals surface area contributed by atoms with Gasteiger partial charge in [-0.3, -0.25) is 4.98 Å². The standard InChI is InChI=1S/C33H29N7O2S/c41-43(42,24-9-5-2-6-10-24)40-21-27(22-7-3-1-4-8-22)29-25(13-14-36-32(29)40)31-37-28-20-35-19-26(23-11-12-23)30(28)33(38-31)39-17-15-34-16-18-39/h1-10,13-14,19-21,23,34H,11-12,15-18H2. The van der Waals surface area contributed by atoms with Gasteiger partial charge in [0.1, 0.15) is 5.82 Å². The first kappa shape index (κ1) is 26.0. The van der Waals surface area contributed by atoms with Gasteiger partial charge in [-0.1, -0.05) is 48.5 Å². The van der Waals surface area contributed by atoms with Crippen LogP contribution in [0.25, 0.3) is 44.5 Å². The molecule has 1 saturated carbocycles. The molecule has 0 radical (unpaired) electrons. The van der Waals surface area contributed by atoms with Crippen molar-refractivity contribution in [2.75, 3.05) is 31.1 Å². The van der Waals surface area contributed by atoms with E-state index in [2.05, 4.69) is 20.2 Å². The Morgan fingerprint density at radius 3 is 2.30 bits per heavy atom. The Morgan fingerprint density at radius 2 is 1.56 bits per heavy atom. The quantitative estimate of drug-likeness (QED) is 0.282. The van der Waals surface area contributed by atoms with Crippen LogP contribution in [-0.4, -0.2) is 58.5 Å². The molecular weight excluding hydrogens is 558 g/mol. The van der Waals surface area contributed by atoms with Gasteiger partial charge in [0.15, 0.2) is 11.5 Å². The first-order chi connectivity index (χ1) is 21.1. The minimum atomic E-state index is -3.93. The lowest BCUT2D eigenvalue weighted by atomic mass is 10.0. The normalized spacial score (nSPS) is 15.8. The van der Waals surface area contributed by atoms with Gasteiger partial charge in [-0.2, -0.15) is 0 Å². The molecule has 9 nitrogen and oxygen atoms in total. The highest BCUT2D eigenvalue weighted by Crippen LogP contribution is 2.45. The molecule has 0 spiro atoms. The molecule has 43 heavy (non-hydrogen) atoms. The Labute approximate surface area is 249 Å². The predicted molar refractivity (Wildman–Crippen MR) is 168 cm³/mol. The van der Waals surface area contributed by atoms with Crippen LogP contribution >= 0.6 is 0 Å². The number of pyridine rings is 2. The van der Waals surface area contributed by atoms with Crippen molar-refractivity contribution >= 4 is 37.8 Å². The second-order valence-electron chi connectivity index (χ2n) is 11.1. The number of nitrogens with one attached hydrogen (secondary N) is 1. The zero-order chi connectivity index (χ0) is 29.0. The molecule has 0 amide bonds. The smallest absolute Gasteiger partial charge is 0.269 e. The summed E-state index contributed by atoms with van der Waals surface area (Å²) >= 11 is 0. The van der Waals surface area contributed by atoms with Gasteiger partial charge >= 0.3 is 0 Å². The summed E-state index contributed by atoms with van der Waals surface area (Å²) in [7, 11) is -3.93. The van der Waals surface area contributed by atoms with Gasteiger partial charge < -0.3 is 10.2 Å². The molecule has 2 fully saturated rings. The topological polar surface area (TPSA) is 106 Å². The second-order valence-corrected chi connectivity index (χ2v) is 12.9. The lowest BCUT2D eigenvalue weighted by molar-refractivity contribution is 0.586. The van der Waals surface area contributed by atoms with Crippen LogP contribution < -0.4 is 10.2 Å². The van der Waals surface area contributed by atoms with E-state index in [-0.39, 0.29) is 4.90 Å². The monoisotopic (exact) mass is 587 g/mol. The van der Waals surface area contributed by atoms with Crippen LogP contribution in [0.2, 0.25) is 0 Å². The van der Waals surface area contributed by atoms with E-state index in [4.69, 9.17) is 9.97 Å². The third kappa shape index (κ3) is 4.45. The molecule has 214 valence electrons. The van der Waals surface area contributed by atoms with Crippen LogP contribution in [0.1, 0.15) is 24.3 Å². The molecule has 0 unspecified atom stereocenters. The van der Waals surface area contributed by atoms with Crippen LogP contribution in [0.5, 0.6) is 0 Å². The van der Waals surface area contributed by atoms with Crippen LogP contribution in [0.4, 0.5) is 5.82 Å². The van der Waals surface area contributed by atoms with Gasteiger partial charge in [-0.15, -0.1) is 0 Å². The Hall–Kier alpha value is -4.67. The van der Waals surface area contributed by atoms with Crippen molar-refractivity contribution in [1.29, 1.82) is 0 Å². The summed E-state index contributed by atoms with van der Waals surface area (Å²) < 4.78 is 29.2. The van der Waals surface area contributed by atoms with Crippen LogP contribution in [-0.2, 0) is 10.0 Å². The minimum absolute atomic E-state index is 0.195. The first-order valence-corrected chi connectivity index (χ1v) is 16.0. The van der Waals surface area contributed by atoms with E-state index in [9.17, 15) is 8.42 Å². The molecule has 1 aliphatic heterocycles. The van der Waals surface area contributed by atoms with Crippen LogP contribution in [0, 0.1) is 0 Å². The second kappa shape index (κ2) is 10.3. The number of hydrogen-bond acceptors (Lipinski definition) is 8. The number of hydrogen-bond donors (Lipinski definition) is 1. The molecule has 0 bridgehead atoms. The number of rotatable bonds is 6. The predicted octanol–water partition coefficient (Wildman–Crippen LogP) is 5.23. The zero-order valence-corrected chi connectivity index (χ0v) is 24.2. The zero-order valence-electron chi connectivity index (χ0n) is 23.4. The largest absolute Gasteiger partial charge is 0.353 e. The molecule has 10 heteroatoms. The molecule has 8 rings (SSSR count). The maximum Gasteiger partial charge on any atom is 0.269 e. The van der Waals surface area contributed by atoms with E-state index in [0.717, 1.165) is 72.4 Å². The molecule has 1 aliphatic carbocycles. The number of benzene rings is 2. The number of aromatic nitrogens is 5. The van der Waals surface area contributed by atoms with Gasteiger partial charge in [-0.05, 0) is 48.1 Å². The Kier molecular flexibility index (Phi) is 6.20. The number of anilines is 1. The van der Waals surface area contributed by atoms with Crippen LogP contribution in [0.15, 0.2) is 96.4 Å². The number of piperazine rings is 1. The highest BCUT2D eigenvalue weighted by atomic mass is 32.2. The highest BCUT2D eigenvalue weighted by molar-refractivity contribution is 7.90. The van der Waals surface area contributed by atoms with Crippen molar-refractivity contribution in [3.63, 3.8) is 0 Å². The average molecular weight is 588 g/mol. The van der Waals surface area contributed by atoms with Crippen molar-refractivity contribution in [2.45, 2.75) is 23.7 Å². The lowest BCUT2D eigenvalue weighted by Crippen LogP contribution is -2.44. The van der Waals surface area contributed by atoms with E-state index in [1.54, 1.807) is 42.7 Å². The third-order valence-corrected chi connectivity index (χ3v) is 10.00. The number of nitrogens with zero attached hydrogens (tertiary/aromatic N) is 6. The number of fused-ring (bicyclic) bond motifs is 2. The summed E-state index contributed by atoms with van der Waals surface area (Å²) in [5.41, 5.74) is 4.69. The highest BCUT2D eigenvalue weighted by Gasteiger charge is 2.30. The maximum absolute atomic E-state index is 14.0. The van der Waals surface area contributed by atoms with Crippen molar-refractivity contribution < 1.29 is 8.42 Å². The van der Waals surface area contributed by atoms with E-state index in [1.165, 1.54) is 9.54 Å². The van der Waals surface area contributed by atoms with Gasteiger partial charge in [0.25, 0.3) is 10.0 Å². The van der Waals surface area contributed by atoms with Crippen molar-refractivity contribution in [1.82, 2.24) is 29.2 Å². The Balaban J connectivity index is 1.41. The first-order valence-electron chi connectivity index (χ1n) is 14.6. The molecule has 5 heterocycles. The van der Waals surface area contributed by atoms with Gasteiger partial charge in [-0.25, -0.2) is 27.3 Å². The minimum Gasteiger partial charge on any atom is -0.353 e. The van der Waals surface area contributed by atoms with E-state index < -0.39 is 10.0 Å².